The average molecular weight is 323 g/mol. The number of hydrogen-bond donors (Lipinski definition) is 0. The van der Waals surface area contributed by atoms with Gasteiger partial charge in [0.2, 0.25) is 0 Å². The molecule has 0 atom stereocenters. The monoisotopic (exact) mass is 322 g/mol. The second-order valence-corrected chi connectivity index (χ2v) is 6.21. The van der Waals surface area contributed by atoms with Crippen molar-refractivity contribution in [2.75, 3.05) is 0 Å². The normalized spacial score (nSPS) is 11.2. The fourth-order valence-corrected chi connectivity index (χ4v) is 3.34. The van der Waals surface area contributed by atoms with Crippen LogP contribution < -0.4 is 0 Å². The SMILES string of the molecule is Clc1ccc2c(-c3cccc4cc(Cl)ccc34)cccc2c1. The van der Waals surface area contributed by atoms with Gasteiger partial charge in [0.25, 0.3) is 0 Å². The summed E-state index contributed by atoms with van der Waals surface area (Å²) in [5.41, 5.74) is 2.42. The van der Waals surface area contributed by atoms with E-state index in [0.717, 1.165) is 20.8 Å². The van der Waals surface area contributed by atoms with E-state index >= 15 is 0 Å². The Bertz CT molecular complexity index is 920. The van der Waals surface area contributed by atoms with Crippen LogP contribution in [0.15, 0.2) is 72.8 Å². The summed E-state index contributed by atoms with van der Waals surface area (Å²) in [6.45, 7) is 0. The van der Waals surface area contributed by atoms with E-state index in [0.29, 0.717) is 0 Å². The fraction of sp³-hybridized carbons (Fsp3) is 0. The number of hydrogen-bond acceptors (Lipinski definition) is 0. The highest BCUT2D eigenvalue weighted by atomic mass is 35.5. The minimum absolute atomic E-state index is 0.759. The van der Waals surface area contributed by atoms with Crippen LogP contribution >= 0.6 is 23.2 Å². The van der Waals surface area contributed by atoms with Crippen LogP contribution in [0.4, 0.5) is 0 Å². The van der Waals surface area contributed by atoms with Gasteiger partial charge in [-0.25, -0.2) is 0 Å². The Morgan fingerprint density at radius 3 is 1.41 bits per heavy atom. The molecule has 0 saturated carbocycles. The van der Waals surface area contributed by atoms with Crippen LogP contribution in [-0.2, 0) is 0 Å². The van der Waals surface area contributed by atoms with E-state index in [1.165, 1.54) is 21.9 Å². The Kier molecular flexibility index (Phi) is 3.29. The quantitative estimate of drug-likeness (QED) is 0.355. The molecule has 4 aromatic rings. The molecule has 0 saturated heterocycles. The van der Waals surface area contributed by atoms with Crippen molar-refractivity contribution >= 4 is 44.7 Å². The van der Waals surface area contributed by atoms with Crippen LogP contribution in [0.1, 0.15) is 0 Å². The Morgan fingerprint density at radius 1 is 0.500 bits per heavy atom. The molecule has 2 heteroatoms. The van der Waals surface area contributed by atoms with Crippen molar-refractivity contribution in [3.8, 4) is 11.1 Å². The van der Waals surface area contributed by atoms with Gasteiger partial charge in [0.05, 0.1) is 0 Å². The lowest BCUT2D eigenvalue weighted by molar-refractivity contribution is 1.68. The average Bonchev–Trinajstić information content (AvgIpc) is 2.53. The molecule has 0 bridgehead atoms. The molecule has 4 rings (SSSR count). The Labute approximate surface area is 138 Å². The van der Waals surface area contributed by atoms with Gasteiger partial charge in [-0.3, -0.25) is 0 Å². The summed E-state index contributed by atoms with van der Waals surface area (Å²) < 4.78 is 0. The van der Waals surface area contributed by atoms with E-state index in [9.17, 15) is 0 Å². The first-order valence-corrected chi connectivity index (χ1v) is 7.85. The molecule has 4 aromatic carbocycles. The van der Waals surface area contributed by atoms with Gasteiger partial charge in [0.15, 0.2) is 0 Å². The Morgan fingerprint density at radius 2 is 0.955 bits per heavy atom. The first-order chi connectivity index (χ1) is 10.7. The maximum atomic E-state index is 6.11. The van der Waals surface area contributed by atoms with Crippen molar-refractivity contribution in [3.63, 3.8) is 0 Å². The van der Waals surface area contributed by atoms with Crippen LogP contribution in [0.3, 0.4) is 0 Å². The molecular formula is C20H12Cl2. The molecule has 0 radical (unpaired) electrons. The third-order valence-corrected chi connectivity index (χ3v) is 4.45. The highest BCUT2D eigenvalue weighted by Crippen LogP contribution is 2.35. The van der Waals surface area contributed by atoms with Gasteiger partial charge < -0.3 is 0 Å². The third-order valence-electron chi connectivity index (χ3n) is 3.98. The lowest BCUT2D eigenvalue weighted by Gasteiger charge is -2.11. The number of halogens is 2. The molecule has 0 heterocycles. The molecule has 0 unspecified atom stereocenters. The summed E-state index contributed by atoms with van der Waals surface area (Å²) in [5, 5.41) is 6.22. The molecule has 0 aliphatic rings. The number of benzene rings is 4. The minimum atomic E-state index is 0.759. The summed E-state index contributed by atoms with van der Waals surface area (Å²) >= 11 is 12.2. The van der Waals surface area contributed by atoms with Gasteiger partial charge in [0.1, 0.15) is 0 Å². The molecule has 0 N–H and O–H groups in total. The van der Waals surface area contributed by atoms with Crippen molar-refractivity contribution < 1.29 is 0 Å². The summed E-state index contributed by atoms with van der Waals surface area (Å²) in [7, 11) is 0. The predicted octanol–water partition coefficient (Wildman–Crippen LogP) is 6.97. The number of fused-ring (bicyclic) bond motifs is 2. The first-order valence-electron chi connectivity index (χ1n) is 7.09. The van der Waals surface area contributed by atoms with E-state index in [4.69, 9.17) is 23.2 Å². The van der Waals surface area contributed by atoms with Gasteiger partial charge in [-0.1, -0.05) is 71.7 Å². The number of rotatable bonds is 1. The van der Waals surface area contributed by atoms with E-state index in [1.807, 2.05) is 24.3 Å². The van der Waals surface area contributed by atoms with Gasteiger partial charge in [-0.05, 0) is 56.9 Å². The van der Waals surface area contributed by atoms with Crippen molar-refractivity contribution in [1.29, 1.82) is 0 Å². The van der Waals surface area contributed by atoms with E-state index < -0.39 is 0 Å². The summed E-state index contributed by atoms with van der Waals surface area (Å²) in [6.07, 6.45) is 0. The van der Waals surface area contributed by atoms with Gasteiger partial charge in [-0.15, -0.1) is 0 Å². The molecule has 22 heavy (non-hydrogen) atoms. The van der Waals surface area contributed by atoms with Crippen molar-refractivity contribution in [2.45, 2.75) is 0 Å². The lowest BCUT2D eigenvalue weighted by Crippen LogP contribution is -1.84. The lowest BCUT2D eigenvalue weighted by atomic mass is 9.94. The summed E-state index contributed by atoms with van der Waals surface area (Å²) in [4.78, 5) is 0. The Hall–Kier alpha value is -2.02. The van der Waals surface area contributed by atoms with Crippen molar-refractivity contribution in [2.24, 2.45) is 0 Å². The van der Waals surface area contributed by atoms with Gasteiger partial charge in [0, 0.05) is 10.0 Å². The zero-order chi connectivity index (χ0) is 15.1. The van der Waals surface area contributed by atoms with Crippen LogP contribution in [0, 0.1) is 0 Å². The molecule has 0 nitrogen and oxygen atoms in total. The van der Waals surface area contributed by atoms with Gasteiger partial charge >= 0.3 is 0 Å². The smallest absolute Gasteiger partial charge is 0.0412 e. The van der Waals surface area contributed by atoms with E-state index in [1.54, 1.807) is 0 Å². The zero-order valence-corrected chi connectivity index (χ0v) is 13.2. The van der Waals surface area contributed by atoms with Crippen LogP contribution in [0.25, 0.3) is 32.7 Å². The highest BCUT2D eigenvalue weighted by molar-refractivity contribution is 6.32. The maximum Gasteiger partial charge on any atom is 0.0412 e. The fourth-order valence-electron chi connectivity index (χ4n) is 2.98. The Balaban J connectivity index is 2.07. The largest absolute Gasteiger partial charge is 0.0843 e. The second kappa shape index (κ2) is 5.31. The second-order valence-electron chi connectivity index (χ2n) is 5.34. The minimum Gasteiger partial charge on any atom is -0.0843 e. The molecule has 0 aromatic heterocycles. The highest BCUT2D eigenvalue weighted by Gasteiger charge is 2.08. The van der Waals surface area contributed by atoms with Crippen molar-refractivity contribution in [3.05, 3.63) is 82.8 Å². The first kappa shape index (κ1) is 13.6. The van der Waals surface area contributed by atoms with Crippen LogP contribution in [0.5, 0.6) is 0 Å². The van der Waals surface area contributed by atoms with Crippen molar-refractivity contribution in [1.82, 2.24) is 0 Å². The molecule has 0 fully saturated rings. The third kappa shape index (κ3) is 2.25. The maximum absolute atomic E-state index is 6.11. The van der Waals surface area contributed by atoms with E-state index in [-0.39, 0.29) is 0 Å². The standard InChI is InChI=1S/C20H12Cl2/c21-15-7-9-17-13(11-15)3-1-5-19(17)20-6-2-4-14-12-16(22)8-10-18(14)20/h1-12H. The molecule has 106 valence electrons. The van der Waals surface area contributed by atoms with Crippen LogP contribution in [-0.4, -0.2) is 0 Å². The molecular weight excluding hydrogens is 311 g/mol. The zero-order valence-electron chi connectivity index (χ0n) is 11.7. The van der Waals surface area contributed by atoms with Gasteiger partial charge in [-0.2, -0.15) is 0 Å². The summed E-state index contributed by atoms with van der Waals surface area (Å²) in [5.74, 6) is 0. The molecule has 0 spiro atoms. The predicted molar refractivity (Wildman–Crippen MR) is 96.9 cm³/mol. The summed E-state index contributed by atoms with van der Waals surface area (Å²) in [6, 6.07) is 24.7. The topological polar surface area (TPSA) is 0 Å². The molecule has 0 aliphatic heterocycles. The molecule has 0 aliphatic carbocycles. The van der Waals surface area contributed by atoms with E-state index in [2.05, 4.69) is 48.5 Å². The molecule has 0 amide bonds. The van der Waals surface area contributed by atoms with Crippen LogP contribution in [0.2, 0.25) is 10.0 Å².